The lowest BCUT2D eigenvalue weighted by Crippen LogP contribution is -2.08. The molecule has 0 fully saturated rings. The fraction of sp³-hybridized carbons (Fsp3) is 0.231. The third kappa shape index (κ3) is 3.54. The van der Waals surface area contributed by atoms with Crippen molar-refractivity contribution in [1.29, 1.82) is 0 Å². The molecule has 0 aliphatic heterocycles. The average molecular weight is 301 g/mol. The molecule has 0 spiro atoms. The van der Waals surface area contributed by atoms with Crippen molar-refractivity contribution < 1.29 is 18.3 Å². The molecule has 20 heavy (non-hydrogen) atoms. The minimum absolute atomic E-state index is 0.0435. The lowest BCUT2D eigenvalue weighted by atomic mass is 10.1. The van der Waals surface area contributed by atoms with Crippen molar-refractivity contribution in [2.45, 2.75) is 6.43 Å². The second-order valence-corrected chi connectivity index (χ2v) is 4.22. The van der Waals surface area contributed by atoms with E-state index in [0.29, 0.717) is 22.0 Å². The monoisotopic (exact) mass is 300 g/mol. The van der Waals surface area contributed by atoms with Crippen LogP contribution < -0.4 is 9.47 Å². The highest BCUT2D eigenvalue weighted by molar-refractivity contribution is 6.30. The van der Waals surface area contributed by atoms with Gasteiger partial charge >= 0.3 is 0 Å². The molecule has 1 aromatic heterocycles. The maximum atomic E-state index is 12.0. The maximum Gasteiger partial charge on any atom is 0.272 e. The molecule has 0 amide bonds. The molecule has 2 aromatic rings. The number of rotatable bonds is 5. The van der Waals surface area contributed by atoms with Gasteiger partial charge in [-0.1, -0.05) is 11.6 Å². The number of ether oxygens (including phenoxy) is 2. The molecule has 7 heteroatoms. The summed E-state index contributed by atoms with van der Waals surface area (Å²) in [5.41, 5.74) is 1.23. The summed E-state index contributed by atoms with van der Waals surface area (Å²) in [6.45, 7) is -0.710. The summed E-state index contributed by atoms with van der Waals surface area (Å²) in [6, 6.07) is 5.09. The first-order valence-electron chi connectivity index (χ1n) is 5.67. The Balaban J connectivity index is 2.21. The molecule has 0 aliphatic rings. The number of hydrogen-bond acceptors (Lipinski definition) is 4. The van der Waals surface area contributed by atoms with Crippen molar-refractivity contribution in [3.05, 3.63) is 35.6 Å². The van der Waals surface area contributed by atoms with Gasteiger partial charge in [0.05, 0.1) is 25.2 Å². The topological polar surface area (TPSA) is 44.2 Å². The maximum absolute atomic E-state index is 12.0. The molecular weight excluding hydrogens is 290 g/mol. The predicted molar refractivity (Wildman–Crippen MR) is 70.5 cm³/mol. The van der Waals surface area contributed by atoms with E-state index in [9.17, 15) is 8.78 Å². The third-order valence-electron chi connectivity index (χ3n) is 2.42. The third-order valence-corrected chi connectivity index (χ3v) is 2.66. The summed E-state index contributed by atoms with van der Waals surface area (Å²) >= 11 is 5.87. The van der Waals surface area contributed by atoms with Gasteiger partial charge in [-0.2, -0.15) is 0 Å². The molecule has 4 nitrogen and oxygen atoms in total. The second-order valence-electron chi connectivity index (χ2n) is 3.79. The van der Waals surface area contributed by atoms with E-state index < -0.39 is 13.0 Å². The number of nitrogens with zero attached hydrogens (tertiary/aromatic N) is 2. The van der Waals surface area contributed by atoms with Crippen molar-refractivity contribution >= 4 is 11.6 Å². The number of halogens is 3. The zero-order valence-corrected chi connectivity index (χ0v) is 11.3. The highest BCUT2D eigenvalue weighted by Crippen LogP contribution is 2.31. The van der Waals surface area contributed by atoms with Gasteiger partial charge < -0.3 is 9.47 Å². The first kappa shape index (κ1) is 14.5. The second kappa shape index (κ2) is 6.47. The van der Waals surface area contributed by atoms with Gasteiger partial charge in [0.2, 0.25) is 5.88 Å². The lowest BCUT2D eigenvalue weighted by molar-refractivity contribution is 0.0794. The van der Waals surface area contributed by atoms with Gasteiger partial charge in [-0.25, -0.2) is 18.7 Å². The van der Waals surface area contributed by atoms with E-state index in [0.717, 1.165) is 0 Å². The lowest BCUT2D eigenvalue weighted by Gasteiger charge is -2.09. The molecule has 0 saturated carbocycles. The molecule has 2 rings (SSSR count). The Bertz CT molecular complexity index is 579. The van der Waals surface area contributed by atoms with Crippen LogP contribution in [0.15, 0.2) is 30.6 Å². The van der Waals surface area contributed by atoms with Crippen molar-refractivity contribution in [2.75, 3.05) is 13.7 Å². The Hall–Kier alpha value is -1.95. The summed E-state index contributed by atoms with van der Waals surface area (Å²) < 4.78 is 34.0. The number of benzene rings is 1. The van der Waals surface area contributed by atoms with E-state index in [4.69, 9.17) is 21.1 Å². The summed E-state index contributed by atoms with van der Waals surface area (Å²) in [6.07, 6.45) is 0.158. The van der Waals surface area contributed by atoms with E-state index >= 15 is 0 Å². The van der Waals surface area contributed by atoms with Crippen LogP contribution in [0.5, 0.6) is 11.6 Å². The van der Waals surface area contributed by atoms with Gasteiger partial charge in [-0.15, -0.1) is 0 Å². The van der Waals surface area contributed by atoms with Gasteiger partial charge in [0, 0.05) is 10.6 Å². The minimum atomic E-state index is -2.55. The van der Waals surface area contributed by atoms with E-state index in [-0.39, 0.29) is 5.88 Å². The molecule has 0 aliphatic carbocycles. The quantitative estimate of drug-likeness (QED) is 0.848. The Labute approximate surface area is 119 Å². The van der Waals surface area contributed by atoms with Gasteiger partial charge in [0.15, 0.2) is 6.61 Å². The van der Waals surface area contributed by atoms with Crippen LogP contribution in [-0.4, -0.2) is 30.1 Å². The minimum Gasteiger partial charge on any atom is -0.496 e. The van der Waals surface area contributed by atoms with Gasteiger partial charge in [0.1, 0.15) is 5.75 Å². The van der Waals surface area contributed by atoms with Crippen LogP contribution in [0.4, 0.5) is 8.78 Å². The van der Waals surface area contributed by atoms with E-state index in [1.165, 1.54) is 19.5 Å². The van der Waals surface area contributed by atoms with Crippen LogP contribution in [-0.2, 0) is 0 Å². The fourth-order valence-electron chi connectivity index (χ4n) is 1.55. The Morgan fingerprint density at radius 1 is 1.25 bits per heavy atom. The fourth-order valence-corrected chi connectivity index (χ4v) is 1.72. The zero-order chi connectivity index (χ0) is 14.5. The highest BCUT2D eigenvalue weighted by Gasteiger charge is 2.10. The first-order chi connectivity index (χ1) is 9.60. The van der Waals surface area contributed by atoms with E-state index in [2.05, 4.69) is 9.97 Å². The summed E-state index contributed by atoms with van der Waals surface area (Å²) in [4.78, 5) is 8.03. The van der Waals surface area contributed by atoms with Crippen LogP contribution in [0, 0.1) is 0 Å². The molecule has 0 saturated heterocycles. The Kier molecular flexibility index (Phi) is 4.68. The van der Waals surface area contributed by atoms with Crippen molar-refractivity contribution in [1.82, 2.24) is 9.97 Å². The van der Waals surface area contributed by atoms with E-state index in [1.54, 1.807) is 18.2 Å². The molecule has 106 valence electrons. The average Bonchev–Trinajstić information content (AvgIpc) is 2.45. The van der Waals surface area contributed by atoms with Crippen molar-refractivity contribution in [2.24, 2.45) is 0 Å². The molecule has 1 heterocycles. The Morgan fingerprint density at radius 3 is 2.65 bits per heavy atom. The number of methoxy groups -OCH3 is 1. The smallest absolute Gasteiger partial charge is 0.272 e. The standard InChI is InChI=1S/C13H11ClF2N2O2/c1-19-11-4-8(14)2-3-9(11)10-5-18-13(6-17-10)20-7-12(15)16/h2-6,12H,7H2,1H3. The van der Waals surface area contributed by atoms with Crippen molar-refractivity contribution in [3.63, 3.8) is 0 Å². The number of alkyl halides is 2. The van der Waals surface area contributed by atoms with Crippen LogP contribution in [0.3, 0.4) is 0 Å². The van der Waals surface area contributed by atoms with Crippen LogP contribution >= 0.6 is 11.6 Å². The summed E-state index contributed by atoms with van der Waals surface area (Å²) in [5, 5.41) is 0.537. The van der Waals surface area contributed by atoms with Gasteiger partial charge in [-0.3, -0.25) is 0 Å². The predicted octanol–water partition coefficient (Wildman–Crippen LogP) is 3.45. The SMILES string of the molecule is COc1cc(Cl)ccc1-c1cnc(OCC(F)F)cn1. The van der Waals surface area contributed by atoms with Crippen LogP contribution in [0.1, 0.15) is 0 Å². The highest BCUT2D eigenvalue weighted by atomic mass is 35.5. The summed E-state index contributed by atoms with van der Waals surface area (Å²) in [5.74, 6) is 0.593. The van der Waals surface area contributed by atoms with Gasteiger partial charge in [0.25, 0.3) is 6.43 Å². The van der Waals surface area contributed by atoms with Gasteiger partial charge in [-0.05, 0) is 18.2 Å². The van der Waals surface area contributed by atoms with Crippen molar-refractivity contribution in [3.8, 4) is 22.9 Å². The zero-order valence-electron chi connectivity index (χ0n) is 10.5. The molecule has 0 unspecified atom stereocenters. The normalized spacial score (nSPS) is 10.7. The van der Waals surface area contributed by atoms with E-state index in [1.807, 2.05) is 0 Å². The molecular formula is C13H11ClF2N2O2. The van der Waals surface area contributed by atoms with Crippen LogP contribution in [0.2, 0.25) is 5.02 Å². The molecule has 0 N–H and O–H groups in total. The number of hydrogen-bond donors (Lipinski definition) is 0. The largest absolute Gasteiger partial charge is 0.496 e. The first-order valence-corrected chi connectivity index (χ1v) is 6.05. The molecule has 1 aromatic carbocycles. The molecule has 0 bridgehead atoms. The molecule has 0 atom stereocenters. The Morgan fingerprint density at radius 2 is 2.05 bits per heavy atom. The number of aromatic nitrogens is 2. The summed E-state index contributed by atoms with van der Waals surface area (Å²) in [7, 11) is 1.52. The molecule has 0 radical (unpaired) electrons. The van der Waals surface area contributed by atoms with Crippen LogP contribution in [0.25, 0.3) is 11.3 Å².